The monoisotopic (exact) mass is 422 g/mol. The standard InChI is InChI=1S/C23H26N4O2S/c28-22(20-8-15-30-17-20)27-13-11-26(12-14-27)10-9-24-23(29)25-16-19-6-3-5-18-4-1-2-7-21(18)19/h1-8,15,17H,9-14,16H2,(H2,24,25,29). The maximum absolute atomic E-state index is 12.4. The van der Waals surface area contributed by atoms with Crippen LogP contribution in [0, 0.1) is 0 Å². The molecular weight excluding hydrogens is 396 g/mol. The molecule has 0 unspecified atom stereocenters. The maximum atomic E-state index is 12.4. The summed E-state index contributed by atoms with van der Waals surface area (Å²) in [5.41, 5.74) is 1.88. The van der Waals surface area contributed by atoms with Gasteiger partial charge in [-0.1, -0.05) is 42.5 Å². The van der Waals surface area contributed by atoms with Crippen molar-refractivity contribution in [3.8, 4) is 0 Å². The Labute approximate surface area is 180 Å². The molecule has 0 saturated carbocycles. The number of carbonyl (C=O) groups is 2. The van der Waals surface area contributed by atoms with Crippen LogP contribution in [-0.2, 0) is 6.54 Å². The van der Waals surface area contributed by atoms with Crippen molar-refractivity contribution in [2.75, 3.05) is 39.3 Å². The summed E-state index contributed by atoms with van der Waals surface area (Å²) < 4.78 is 0. The zero-order valence-corrected chi connectivity index (χ0v) is 17.7. The van der Waals surface area contributed by atoms with Gasteiger partial charge >= 0.3 is 6.03 Å². The average Bonchev–Trinajstić information content (AvgIpc) is 3.33. The van der Waals surface area contributed by atoms with Gasteiger partial charge in [0.05, 0.1) is 5.56 Å². The van der Waals surface area contributed by atoms with Crippen molar-refractivity contribution in [1.82, 2.24) is 20.4 Å². The van der Waals surface area contributed by atoms with Crippen LogP contribution < -0.4 is 10.6 Å². The Hall–Kier alpha value is -2.90. The molecule has 1 aromatic heterocycles. The van der Waals surface area contributed by atoms with Gasteiger partial charge in [0, 0.05) is 51.2 Å². The fraction of sp³-hybridized carbons (Fsp3) is 0.304. The Bertz CT molecular complexity index is 992. The molecular formula is C23H26N4O2S. The zero-order chi connectivity index (χ0) is 20.8. The van der Waals surface area contributed by atoms with E-state index in [1.807, 2.05) is 46.0 Å². The van der Waals surface area contributed by atoms with Crippen LogP contribution in [-0.4, -0.2) is 61.0 Å². The summed E-state index contributed by atoms with van der Waals surface area (Å²) in [6.07, 6.45) is 0. The van der Waals surface area contributed by atoms with E-state index in [1.165, 1.54) is 5.39 Å². The fourth-order valence-electron chi connectivity index (χ4n) is 3.76. The third-order valence-corrected chi connectivity index (χ3v) is 6.14. The number of amides is 3. The van der Waals surface area contributed by atoms with E-state index in [0.29, 0.717) is 13.1 Å². The molecule has 1 saturated heterocycles. The Morgan fingerprint density at radius 3 is 2.53 bits per heavy atom. The summed E-state index contributed by atoms with van der Waals surface area (Å²) >= 11 is 1.55. The van der Waals surface area contributed by atoms with E-state index in [0.717, 1.165) is 49.2 Å². The fourth-order valence-corrected chi connectivity index (χ4v) is 4.39. The van der Waals surface area contributed by atoms with Crippen LogP contribution in [0.3, 0.4) is 0 Å². The van der Waals surface area contributed by atoms with Crippen molar-refractivity contribution in [3.63, 3.8) is 0 Å². The Morgan fingerprint density at radius 2 is 1.73 bits per heavy atom. The first-order valence-electron chi connectivity index (χ1n) is 10.2. The molecule has 4 rings (SSSR count). The van der Waals surface area contributed by atoms with E-state index in [1.54, 1.807) is 11.3 Å². The Balaban J connectivity index is 1.16. The molecule has 0 atom stereocenters. The normalized spacial score (nSPS) is 14.6. The highest BCUT2D eigenvalue weighted by atomic mass is 32.1. The van der Waals surface area contributed by atoms with Crippen molar-refractivity contribution >= 4 is 34.0 Å². The van der Waals surface area contributed by atoms with E-state index < -0.39 is 0 Å². The number of nitrogens with zero attached hydrogens (tertiary/aromatic N) is 2. The van der Waals surface area contributed by atoms with Crippen LogP contribution in [0.4, 0.5) is 4.79 Å². The van der Waals surface area contributed by atoms with Gasteiger partial charge in [-0.3, -0.25) is 9.69 Å². The van der Waals surface area contributed by atoms with Crippen LogP contribution in [0.15, 0.2) is 59.3 Å². The summed E-state index contributed by atoms with van der Waals surface area (Å²) in [5.74, 6) is 0.113. The number of carbonyl (C=O) groups excluding carboxylic acids is 2. The van der Waals surface area contributed by atoms with Gasteiger partial charge in [-0.15, -0.1) is 0 Å². The minimum atomic E-state index is -0.158. The molecule has 0 spiro atoms. The predicted molar refractivity (Wildman–Crippen MR) is 121 cm³/mol. The van der Waals surface area contributed by atoms with Gasteiger partial charge in [0.1, 0.15) is 0 Å². The van der Waals surface area contributed by atoms with E-state index in [9.17, 15) is 9.59 Å². The van der Waals surface area contributed by atoms with Crippen LogP contribution in [0.1, 0.15) is 15.9 Å². The molecule has 7 heteroatoms. The zero-order valence-electron chi connectivity index (χ0n) is 16.8. The molecule has 156 valence electrons. The summed E-state index contributed by atoms with van der Waals surface area (Å²) in [6.45, 7) is 4.97. The van der Waals surface area contributed by atoms with Crippen molar-refractivity contribution in [2.45, 2.75) is 6.54 Å². The Kier molecular flexibility index (Phi) is 6.61. The summed E-state index contributed by atoms with van der Waals surface area (Å²) in [4.78, 5) is 28.8. The van der Waals surface area contributed by atoms with Crippen LogP contribution in [0.25, 0.3) is 10.8 Å². The molecule has 0 aliphatic carbocycles. The highest BCUT2D eigenvalue weighted by molar-refractivity contribution is 7.08. The number of hydrogen-bond acceptors (Lipinski definition) is 4. The van der Waals surface area contributed by atoms with E-state index in [-0.39, 0.29) is 11.9 Å². The molecule has 1 aliphatic heterocycles. The number of benzene rings is 2. The van der Waals surface area contributed by atoms with Crippen molar-refractivity contribution < 1.29 is 9.59 Å². The van der Waals surface area contributed by atoms with Gasteiger partial charge in [-0.2, -0.15) is 11.3 Å². The van der Waals surface area contributed by atoms with Gasteiger partial charge in [0.15, 0.2) is 0 Å². The van der Waals surface area contributed by atoms with Crippen LogP contribution >= 0.6 is 11.3 Å². The number of nitrogens with one attached hydrogen (secondary N) is 2. The first kappa shape index (κ1) is 20.4. The van der Waals surface area contributed by atoms with Crippen molar-refractivity contribution in [1.29, 1.82) is 0 Å². The lowest BCUT2D eigenvalue weighted by Gasteiger charge is -2.34. The molecule has 30 heavy (non-hydrogen) atoms. The van der Waals surface area contributed by atoms with Crippen molar-refractivity contribution in [3.05, 3.63) is 70.4 Å². The minimum absolute atomic E-state index is 0.113. The predicted octanol–water partition coefficient (Wildman–Crippen LogP) is 3.16. The number of thiophene rings is 1. The lowest BCUT2D eigenvalue weighted by molar-refractivity contribution is 0.0640. The van der Waals surface area contributed by atoms with Crippen LogP contribution in [0.5, 0.6) is 0 Å². The van der Waals surface area contributed by atoms with Gasteiger partial charge in [0.25, 0.3) is 5.91 Å². The smallest absolute Gasteiger partial charge is 0.315 e. The molecule has 0 bridgehead atoms. The topological polar surface area (TPSA) is 64.7 Å². The molecule has 2 heterocycles. The molecule has 1 fully saturated rings. The molecule has 0 radical (unpaired) electrons. The number of urea groups is 1. The van der Waals surface area contributed by atoms with Crippen LogP contribution in [0.2, 0.25) is 0 Å². The van der Waals surface area contributed by atoms with Gasteiger partial charge in [-0.05, 0) is 27.8 Å². The third kappa shape index (κ3) is 4.98. The van der Waals surface area contributed by atoms with Crippen molar-refractivity contribution in [2.24, 2.45) is 0 Å². The molecule has 2 aromatic carbocycles. The minimum Gasteiger partial charge on any atom is -0.337 e. The molecule has 1 aliphatic rings. The third-order valence-electron chi connectivity index (χ3n) is 5.46. The first-order valence-corrected chi connectivity index (χ1v) is 11.2. The lowest BCUT2D eigenvalue weighted by Crippen LogP contribution is -2.50. The SMILES string of the molecule is O=C(NCCN1CCN(C(=O)c2ccsc2)CC1)NCc1cccc2ccccc12. The van der Waals surface area contributed by atoms with Gasteiger partial charge < -0.3 is 15.5 Å². The molecule has 6 nitrogen and oxygen atoms in total. The highest BCUT2D eigenvalue weighted by Crippen LogP contribution is 2.18. The number of hydrogen-bond donors (Lipinski definition) is 2. The first-order chi connectivity index (χ1) is 14.7. The van der Waals surface area contributed by atoms with E-state index >= 15 is 0 Å². The Morgan fingerprint density at radius 1 is 0.933 bits per heavy atom. The number of rotatable bonds is 6. The van der Waals surface area contributed by atoms with E-state index in [4.69, 9.17) is 0 Å². The van der Waals surface area contributed by atoms with Gasteiger partial charge in [-0.25, -0.2) is 4.79 Å². The second-order valence-electron chi connectivity index (χ2n) is 7.39. The highest BCUT2D eigenvalue weighted by Gasteiger charge is 2.22. The second kappa shape index (κ2) is 9.73. The lowest BCUT2D eigenvalue weighted by atomic mass is 10.0. The summed E-state index contributed by atoms with van der Waals surface area (Å²) in [5, 5.41) is 12.0. The summed E-state index contributed by atoms with van der Waals surface area (Å²) in [7, 11) is 0. The molecule has 3 aromatic rings. The average molecular weight is 423 g/mol. The second-order valence-corrected chi connectivity index (χ2v) is 8.17. The maximum Gasteiger partial charge on any atom is 0.315 e. The molecule has 3 amide bonds. The van der Waals surface area contributed by atoms with Gasteiger partial charge in [0.2, 0.25) is 0 Å². The largest absolute Gasteiger partial charge is 0.337 e. The quantitative estimate of drug-likeness (QED) is 0.641. The summed E-state index contributed by atoms with van der Waals surface area (Å²) in [6, 6.07) is 16.0. The molecule has 2 N–H and O–H groups in total. The number of fused-ring (bicyclic) bond motifs is 1. The number of piperazine rings is 1. The van der Waals surface area contributed by atoms with E-state index in [2.05, 4.69) is 33.7 Å².